The first-order chi connectivity index (χ1) is 12.2. The molecule has 3 rings (SSSR count). The van der Waals surface area contributed by atoms with Gasteiger partial charge in [0.2, 0.25) is 5.43 Å². The minimum absolute atomic E-state index is 0.0127. The molecule has 2 aromatic carbocycles. The monoisotopic (exact) mass is 334 g/mol. The molecule has 0 spiro atoms. The van der Waals surface area contributed by atoms with Gasteiger partial charge in [-0.15, -0.1) is 0 Å². The number of aldehydes is 4. The zero-order chi connectivity index (χ0) is 18.0. The van der Waals surface area contributed by atoms with Gasteiger partial charge >= 0.3 is 0 Å². The average Bonchev–Trinajstić information content (AvgIpc) is 2.66. The Morgan fingerprint density at radius 2 is 1.48 bits per heavy atom. The SMILES string of the molecule is O=Cc1ccc(-c2c(C=O)oc3ccccc3c2=O)c(C=O)c1C=O. The van der Waals surface area contributed by atoms with E-state index in [0.717, 1.165) is 0 Å². The van der Waals surface area contributed by atoms with Crippen LogP contribution in [0.4, 0.5) is 0 Å². The lowest BCUT2D eigenvalue weighted by molar-refractivity contribution is 0.108. The molecule has 6 nitrogen and oxygen atoms in total. The molecule has 1 heterocycles. The second-order valence-electron chi connectivity index (χ2n) is 5.17. The van der Waals surface area contributed by atoms with Crippen molar-refractivity contribution >= 4 is 36.1 Å². The van der Waals surface area contributed by atoms with E-state index in [0.29, 0.717) is 25.1 Å². The fourth-order valence-electron chi connectivity index (χ4n) is 2.73. The van der Waals surface area contributed by atoms with Crippen LogP contribution in [0.1, 0.15) is 41.6 Å². The molecule has 1 aromatic heterocycles. The number of carbonyl (C=O) groups is 4. The molecule has 0 aliphatic carbocycles. The van der Waals surface area contributed by atoms with Crippen molar-refractivity contribution < 1.29 is 23.6 Å². The molecule has 0 bridgehead atoms. The molecule has 0 fully saturated rings. The second-order valence-corrected chi connectivity index (χ2v) is 5.17. The summed E-state index contributed by atoms with van der Waals surface area (Å²) in [5, 5.41) is 0.229. The molecule has 0 saturated carbocycles. The first-order valence-electron chi connectivity index (χ1n) is 7.20. The molecule has 122 valence electrons. The molecule has 25 heavy (non-hydrogen) atoms. The van der Waals surface area contributed by atoms with Crippen LogP contribution < -0.4 is 5.43 Å². The molecule has 0 amide bonds. The summed E-state index contributed by atoms with van der Waals surface area (Å²) in [6.45, 7) is 0. The topological polar surface area (TPSA) is 98.5 Å². The third-order valence-electron chi connectivity index (χ3n) is 3.89. The highest BCUT2D eigenvalue weighted by Crippen LogP contribution is 2.28. The van der Waals surface area contributed by atoms with Crippen LogP contribution >= 0.6 is 0 Å². The van der Waals surface area contributed by atoms with Crippen molar-refractivity contribution in [3.05, 3.63) is 69.1 Å². The van der Waals surface area contributed by atoms with Gasteiger partial charge in [0, 0.05) is 22.3 Å². The van der Waals surface area contributed by atoms with Gasteiger partial charge < -0.3 is 4.42 Å². The predicted octanol–water partition coefficient (Wildman–Crippen LogP) is 2.71. The lowest BCUT2D eigenvalue weighted by atomic mass is 9.92. The highest BCUT2D eigenvalue weighted by atomic mass is 16.3. The van der Waals surface area contributed by atoms with E-state index in [9.17, 15) is 24.0 Å². The van der Waals surface area contributed by atoms with Gasteiger partial charge in [-0.25, -0.2) is 0 Å². The first-order valence-corrected chi connectivity index (χ1v) is 7.20. The van der Waals surface area contributed by atoms with Crippen LogP contribution in [0.2, 0.25) is 0 Å². The molecule has 0 saturated heterocycles. The van der Waals surface area contributed by atoms with Crippen molar-refractivity contribution in [2.24, 2.45) is 0 Å². The summed E-state index contributed by atoms with van der Waals surface area (Å²) >= 11 is 0. The van der Waals surface area contributed by atoms with Gasteiger partial charge in [-0.1, -0.05) is 24.3 Å². The Kier molecular flexibility index (Phi) is 4.18. The number of carbonyl (C=O) groups excluding carboxylic acids is 4. The molecule has 0 atom stereocenters. The minimum atomic E-state index is -0.511. The normalized spacial score (nSPS) is 10.4. The van der Waals surface area contributed by atoms with Crippen LogP contribution in [0.3, 0.4) is 0 Å². The predicted molar refractivity (Wildman–Crippen MR) is 89.5 cm³/mol. The molecule has 3 aromatic rings. The molecule has 0 N–H and O–H groups in total. The van der Waals surface area contributed by atoms with Crippen molar-refractivity contribution in [3.8, 4) is 11.1 Å². The molecular formula is C19H10O6. The fourth-order valence-corrected chi connectivity index (χ4v) is 2.73. The van der Waals surface area contributed by atoms with Crippen LogP contribution in [0.25, 0.3) is 22.1 Å². The summed E-state index contributed by atoms with van der Waals surface area (Å²) in [4.78, 5) is 58.2. The van der Waals surface area contributed by atoms with E-state index >= 15 is 0 Å². The van der Waals surface area contributed by atoms with Gasteiger partial charge in [0.05, 0.1) is 10.9 Å². The van der Waals surface area contributed by atoms with Crippen molar-refractivity contribution in [1.29, 1.82) is 0 Å². The first kappa shape index (κ1) is 16.2. The Morgan fingerprint density at radius 3 is 2.12 bits per heavy atom. The molecule has 0 radical (unpaired) electrons. The van der Waals surface area contributed by atoms with Crippen molar-refractivity contribution in [2.45, 2.75) is 0 Å². The van der Waals surface area contributed by atoms with Gasteiger partial charge in [0.1, 0.15) is 5.58 Å². The smallest absolute Gasteiger partial charge is 0.201 e. The van der Waals surface area contributed by atoms with E-state index in [2.05, 4.69) is 0 Å². The summed E-state index contributed by atoms with van der Waals surface area (Å²) in [7, 11) is 0. The van der Waals surface area contributed by atoms with E-state index in [1.807, 2.05) is 0 Å². The van der Waals surface area contributed by atoms with Crippen LogP contribution in [0.5, 0.6) is 0 Å². The maximum atomic E-state index is 12.8. The lowest BCUT2D eigenvalue weighted by Gasteiger charge is -2.11. The molecule has 0 unspecified atom stereocenters. The largest absolute Gasteiger partial charge is 0.452 e. The Bertz CT molecular complexity index is 1090. The third-order valence-corrected chi connectivity index (χ3v) is 3.89. The van der Waals surface area contributed by atoms with Crippen LogP contribution in [-0.4, -0.2) is 25.1 Å². The number of hydrogen-bond donors (Lipinski definition) is 0. The Hall–Kier alpha value is -3.67. The van der Waals surface area contributed by atoms with Crippen LogP contribution in [0.15, 0.2) is 45.6 Å². The van der Waals surface area contributed by atoms with Gasteiger partial charge in [-0.05, 0) is 12.1 Å². The lowest BCUT2D eigenvalue weighted by Crippen LogP contribution is -2.11. The van der Waals surface area contributed by atoms with Crippen LogP contribution in [-0.2, 0) is 0 Å². The molecule has 0 aliphatic rings. The quantitative estimate of drug-likeness (QED) is 0.665. The number of benzene rings is 2. The average molecular weight is 334 g/mol. The summed E-state index contributed by atoms with van der Waals surface area (Å²) < 4.78 is 5.47. The third kappa shape index (κ3) is 2.49. The number of fused-ring (bicyclic) bond motifs is 1. The Morgan fingerprint density at radius 1 is 0.760 bits per heavy atom. The summed E-state index contributed by atoms with van der Waals surface area (Å²) in [6, 6.07) is 9.01. The van der Waals surface area contributed by atoms with Crippen molar-refractivity contribution in [2.75, 3.05) is 0 Å². The van der Waals surface area contributed by atoms with Crippen LogP contribution in [0, 0.1) is 0 Å². The second kappa shape index (κ2) is 6.45. The maximum Gasteiger partial charge on any atom is 0.201 e. The Balaban J connectivity index is 2.49. The molecular weight excluding hydrogens is 324 g/mol. The summed E-state index contributed by atoms with van der Waals surface area (Å²) in [6.07, 6.45) is 1.53. The van der Waals surface area contributed by atoms with E-state index in [4.69, 9.17) is 4.42 Å². The zero-order valence-electron chi connectivity index (χ0n) is 12.7. The highest BCUT2D eigenvalue weighted by Gasteiger charge is 2.21. The van der Waals surface area contributed by atoms with Crippen molar-refractivity contribution in [1.82, 2.24) is 0 Å². The van der Waals surface area contributed by atoms with Gasteiger partial charge in [-0.3, -0.25) is 24.0 Å². The summed E-state index contributed by atoms with van der Waals surface area (Å²) in [5.74, 6) is -0.262. The van der Waals surface area contributed by atoms with E-state index in [1.165, 1.54) is 18.2 Å². The molecule has 6 heteroatoms. The van der Waals surface area contributed by atoms with Crippen molar-refractivity contribution in [3.63, 3.8) is 0 Å². The van der Waals surface area contributed by atoms with Gasteiger partial charge in [0.25, 0.3) is 0 Å². The highest BCUT2D eigenvalue weighted by molar-refractivity contribution is 6.05. The molecule has 0 aliphatic heterocycles. The number of para-hydroxylation sites is 1. The fraction of sp³-hybridized carbons (Fsp3) is 0. The van der Waals surface area contributed by atoms with Gasteiger partial charge in [0.15, 0.2) is 30.9 Å². The maximum absolute atomic E-state index is 12.8. The van der Waals surface area contributed by atoms with E-state index in [1.54, 1.807) is 18.2 Å². The summed E-state index contributed by atoms with van der Waals surface area (Å²) in [5.41, 5.74) is -0.634. The number of hydrogen-bond acceptors (Lipinski definition) is 6. The minimum Gasteiger partial charge on any atom is -0.452 e. The Labute approximate surface area is 140 Å². The van der Waals surface area contributed by atoms with Gasteiger partial charge in [-0.2, -0.15) is 0 Å². The zero-order valence-corrected chi connectivity index (χ0v) is 12.7. The standard InChI is InChI=1S/C19H10O6/c20-7-11-5-6-12(15(9-22)14(11)8-21)18-17(10-23)25-16-4-2-1-3-13(16)19(18)24/h1-10H. The number of rotatable bonds is 5. The van der Waals surface area contributed by atoms with E-state index < -0.39 is 5.43 Å². The van der Waals surface area contributed by atoms with E-state index in [-0.39, 0.29) is 44.5 Å².